The molecule has 170 valence electrons. The Kier molecular flexibility index (Phi) is 8.31. The SMILES string of the molecule is CCOC(=O)C(Cc1ccc(OCc2nc(-c3ccccc3Cl)oc2C)cc1C)OCC. The second kappa shape index (κ2) is 11.2. The van der Waals surface area contributed by atoms with Gasteiger partial charge in [0.15, 0.2) is 6.10 Å². The van der Waals surface area contributed by atoms with Crippen LogP contribution in [0.25, 0.3) is 11.5 Å². The number of oxazole rings is 1. The van der Waals surface area contributed by atoms with E-state index in [2.05, 4.69) is 4.98 Å². The molecule has 0 saturated carbocycles. The minimum Gasteiger partial charge on any atom is -0.487 e. The van der Waals surface area contributed by atoms with Gasteiger partial charge in [0.2, 0.25) is 5.89 Å². The fourth-order valence-electron chi connectivity index (χ4n) is 3.30. The minimum atomic E-state index is -0.619. The molecular weight excluding hydrogens is 430 g/mol. The summed E-state index contributed by atoms with van der Waals surface area (Å²) in [6.45, 7) is 8.51. The summed E-state index contributed by atoms with van der Waals surface area (Å²) in [6, 6.07) is 13.2. The average molecular weight is 458 g/mol. The lowest BCUT2D eigenvalue weighted by Crippen LogP contribution is -2.29. The first-order chi connectivity index (χ1) is 15.4. The Hall–Kier alpha value is -2.83. The van der Waals surface area contributed by atoms with E-state index >= 15 is 0 Å². The van der Waals surface area contributed by atoms with Crippen LogP contribution in [0.3, 0.4) is 0 Å². The van der Waals surface area contributed by atoms with Gasteiger partial charge in [-0.1, -0.05) is 29.8 Å². The van der Waals surface area contributed by atoms with Crippen LogP contribution in [0.2, 0.25) is 5.02 Å². The van der Waals surface area contributed by atoms with E-state index in [9.17, 15) is 4.79 Å². The minimum absolute atomic E-state index is 0.267. The van der Waals surface area contributed by atoms with Crippen LogP contribution in [0.1, 0.15) is 36.4 Å². The highest BCUT2D eigenvalue weighted by Crippen LogP contribution is 2.29. The van der Waals surface area contributed by atoms with Crippen molar-refractivity contribution >= 4 is 17.6 Å². The Morgan fingerprint density at radius 3 is 2.59 bits per heavy atom. The maximum atomic E-state index is 12.1. The summed E-state index contributed by atoms with van der Waals surface area (Å²) in [6.07, 6.45) is -0.172. The van der Waals surface area contributed by atoms with Crippen LogP contribution in [0.5, 0.6) is 5.75 Å². The molecule has 0 amide bonds. The van der Waals surface area contributed by atoms with Crippen molar-refractivity contribution in [1.29, 1.82) is 0 Å². The molecule has 0 bridgehead atoms. The van der Waals surface area contributed by atoms with Crippen molar-refractivity contribution in [3.05, 3.63) is 70.1 Å². The molecule has 2 aromatic carbocycles. The van der Waals surface area contributed by atoms with E-state index in [1.807, 2.05) is 57.2 Å². The van der Waals surface area contributed by atoms with E-state index in [-0.39, 0.29) is 12.6 Å². The number of halogens is 1. The van der Waals surface area contributed by atoms with E-state index < -0.39 is 6.10 Å². The van der Waals surface area contributed by atoms with Crippen LogP contribution in [0, 0.1) is 13.8 Å². The molecule has 6 nitrogen and oxygen atoms in total. The van der Waals surface area contributed by atoms with Gasteiger partial charge >= 0.3 is 5.97 Å². The lowest BCUT2D eigenvalue weighted by Gasteiger charge is -2.17. The molecule has 0 N–H and O–H groups in total. The first-order valence-corrected chi connectivity index (χ1v) is 11.0. The summed E-state index contributed by atoms with van der Waals surface area (Å²) in [5.74, 6) is 1.52. The summed E-state index contributed by atoms with van der Waals surface area (Å²) < 4.78 is 22.4. The van der Waals surface area contributed by atoms with Crippen molar-refractivity contribution in [3.63, 3.8) is 0 Å². The van der Waals surface area contributed by atoms with E-state index in [4.69, 9.17) is 30.2 Å². The number of aryl methyl sites for hydroxylation is 2. The lowest BCUT2D eigenvalue weighted by atomic mass is 10.0. The van der Waals surface area contributed by atoms with E-state index in [0.29, 0.717) is 47.8 Å². The number of hydrogen-bond acceptors (Lipinski definition) is 6. The molecule has 0 spiro atoms. The quantitative estimate of drug-likeness (QED) is 0.363. The first-order valence-electron chi connectivity index (χ1n) is 10.6. The maximum Gasteiger partial charge on any atom is 0.335 e. The largest absolute Gasteiger partial charge is 0.487 e. The molecule has 1 atom stereocenters. The molecule has 0 aliphatic carbocycles. The number of benzene rings is 2. The van der Waals surface area contributed by atoms with Gasteiger partial charge in [-0.15, -0.1) is 0 Å². The number of nitrogens with zero attached hydrogens (tertiary/aromatic N) is 1. The second-order valence-corrected chi connectivity index (χ2v) is 7.69. The third-order valence-corrected chi connectivity index (χ3v) is 5.34. The van der Waals surface area contributed by atoms with Crippen molar-refractivity contribution < 1.29 is 23.4 Å². The molecule has 0 aliphatic rings. The van der Waals surface area contributed by atoms with Crippen molar-refractivity contribution in [2.45, 2.75) is 46.8 Å². The van der Waals surface area contributed by atoms with Gasteiger partial charge in [-0.2, -0.15) is 0 Å². The van der Waals surface area contributed by atoms with Gasteiger partial charge in [-0.05, 0) is 63.1 Å². The number of aromatic nitrogens is 1. The number of hydrogen-bond donors (Lipinski definition) is 0. The molecule has 1 heterocycles. The highest BCUT2D eigenvalue weighted by Gasteiger charge is 2.21. The Bertz CT molecular complexity index is 1060. The topological polar surface area (TPSA) is 70.8 Å². The highest BCUT2D eigenvalue weighted by molar-refractivity contribution is 6.33. The van der Waals surface area contributed by atoms with Gasteiger partial charge in [-0.25, -0.2) is 9.78 Å². The Balaban J connectivity index is 1.67. The number of rotatable bonds is 10. The summed E-state index contributed by atoms with van der Waals surface area (Å²) in [5.41, 5.74) is 3.46. The Morgan fingerprint density at radius 2 is 1.91 bits per heavy atom. The molecule has 1 aromatic heterocycles. The molecule has 0 saturated heterocycles. The van der Waals surface area contributed by atoms with Gasteiger partial charge in [-0.3, -0.25) is 0 Å². The van der Waals surface area contributed by atoms with E-state index in [1.54, 1.807) is 13.0 Å². The maximum absolute atomic E-state index is 12.1. The molecule has 0 radical (unpaired) electrons. The second-order valence-electron chi connectivity index (χ2n) is 7.28. The van der Waals surface area contributed by atoms with E-state index in [0.717, 1.165) is 16.7 Å². The first kappa shape index (κ1) is 23.8. The molecule has 3 aromatic rings. The number of carbonyl (C=O) groups excluding carboxylic acids is 1. The summed E-state index contributed by atoms with van der Waals surface area (Å²) in [7, 11) is 0. The van der Waals surface area contributed by atoms with Crippen LogP contribution in [0.4, 0.5) is 0 Å². The van der Waals surface area contributed by atoms with Crippen LogP contribution in [-0.4, -0.2) is 30.3 Å². The van der Waals surface area contributed by atoms with Gasteiger partial charge in [0.1, 0.15) is 23.8 Å². The monoisotopic (exact) mass is 457 g/mol. The molecule has 1 unspecified atom stereocenters. The summed E-state index contributed by atoms with van der Waals surface area (Å²) >= 11 is 6.25. The number of esters is 1. The predicted octanol–water partition coefficient (Wildman–Crippen LogP) is 5.70. The predicted molar refractivity (Wildman–Crippen MR) is 123 cm³/mol. The van der Waals surface area contributed by atoms with Crippen molar-refractivity contribution in [2.75, 3.05) is 13.2 Å². The van der Waals surface area contributed by atoms with Gasteiger partial charge in [0.05, 0.1) is 17.2 Å². The van der Waals surface area contributed by atoms with E-state index in [1.165, 1.54) is 0 Å². The smallest absolute Gasteiger partial charge is 0.335 e. The molecule has 0 fully saturated rings. The van der Waals surface area contributed by atoms with Gasteiger partial charge in [0.25, 0.3) is 0 Å². The van der Waals surface area contributed by atoms with Gasteiger partial charge < -0.3 is 18.6 Å². The molecule has 32 heavy (non-hydrogen) atoms. The normalized spacial score (nSPS) is 11.9. The molecule has 3 rings (SSSR count). The van der Waals surface area contributed by atoms with Gasteiger partial charge in [0, 0.05) is 13.0 Å². The zero-order valence-electron chi connectivity index (χ0n) is 18.8. The van der Waals surface area contributed by atoms with Crippen molar-refractivity contribution in [3.8, 4) is 17.2 Å². The fraction of sp³-hybridized carbons (Fsp3) is 0.360. The summed E-state index contributed by atoms with van der Waals surface area (Å²) in [5, 5.41) is 0.584. The number of ether oxygens (including phenoxy) is 3. The zero-order valence-corrected chi connectivity index (χ0v) is 19.6. The Morgan fingerprint density at radius 1 is 1.12 bits per heavy atom. The fourth-order valence-corrected chi connectivity index (χ4v) is 3.51. The Labute approximate surface area is 193 Å². The standard InChI is InChI=1S/C25H28ClNO5/c1-5-29-23(25(28)30-6-2)14-18-11-12-19(13-16(18)3)31-15-22-17(4)32-24(27-22)20-9-7-8-10-21(20)26/h7-13,23H,5-6,14-15H2,1-4H3. The lowest BCUT2D eigenvalue weighted by molar-refractivity contribution is -0.156. The molecule has 0 aliphatic heterocycles. The third kappa shape index (κ3) is 5.90. The summed E-state index contributed by atoms with van der Waals surface area (Å²) in [4.78, 5) is 16.7. The number of carbonyl (C=O) groups is 1. The van der Waals surface area contributed by atoms with Crippen LogP contribution in [-0.2, 0) is 27.3 Å². The third-order valence-electron chi connectivity index (χ3n) is 5.01. The van der Waals surface area contributed by atoms with Crippen LogP contribution >= 0.6 is 11.6 Å². The van der Waals surface area contributed by atoms with Crippen molar-refractivity contribution in [1.82, 2.24) is 4.98 Å². The zero-order chi connectivity index (χ0) is 23.1. The van der Waals surface area contributed by atoms with Crippen LogP contribution in [0.15, 0.2) is 46.9 Å². The molecule has 7 heteroatoms. The molecular formula is C25H28ClNO5. The van der Waals surface area contributed by atoms with Crippen molar-refractivity contribution in [2.24, 2.45) is 0 Å². The van der Waals surface area contributed by atoms with Crippen LogP contribution < -0.4 is 4.74 Å². The highest BCUT2D eigenvalue weighted by atomic mass is 35.5. The average Bonchev–Trinajstić information content (AvgIpc) is 3.14.